The summed E-state index contributed by atoms with van der Waals surface area (Å²) in [6.07, 6.45) is 7.46. The Hall–Kier alpha value is -6.86. The molecule has 232 valence electrons. The lowest BCUT2D eigenvalue weighted by Gasteiger charge is -2.10. The number of hydrogen-bond acceptors (Lipinski definition) is 3. The van der Waals surface area contributed by atoms with E-state index in [1.807, 2.05) is 60.8 Å². The number of nitrogens with zero attached hydrogens (tertiary/aromatic N) is 5. The van der Waals surface area contributed by atoms with E-state index in [2.05, 4.69) is 109 Å². The quantitative estimate of drug-likeness (QED) is 0.147. The second-order valence-corrected chi connectivity index (χ2v) is 11.9. The maximum atomic E-state index is 8.96. The average molecular weight is 632 g/mol. The van der Waals surface area contributed by atoms with Crippen molar-refractivity contribution in [1.29, 1.82) is 5.41 Å². The van der Waals surface area contributed by atoms with Crippen molar-refractivity contribution in [2.45, 2.75) is 0 Å². The normalized spacial score (nSPS) is 11.9. The fourth-order valence-corrected chi connectivity index (χ4v) is 6.70. The van der Waals surface area contributed by atoms with Crippen molar-refractivity contribution in [3.63, 3.8) is 0 Å². The molecular weight excluding hydrogens is 603 g/mol. The highest BCUT2D eigenvalue weighted by atomic mass is 15.0. The maximum absolute atomic E-state index is 8.96. The molecule has 49 heavy (non-hydrogen) atoms. The van der Waals surface area contributed by atoms with Crippen LogP contribution < -0.4 is 5.49 Å². The lowest BCUT2D eigenvalue weighted by Crippen LogP contribution is -2.14. The number of aromatic amines is 1. The minimum atomic E-state index is 0.175. The molecule has 5 aromatic carbocycles. The fourth-order valence-electron chi connectivity index (χ4n) is 6.70. The Labute approximate surface area is 281 Å². The van der Waals surface area contributed by atoms with E-state index >= 15 is 0 Å². The van der Waals surface area contributed by atoms with Crippen LogP contribution in [0.1, 0.15) is 5.56 Å². The summed E-state index contributed by atoms with van der Waals surface area (Å²) in [6, 6.07) is 47.6. The number of H-pyrrole nitrogens is 1. The van der Waals surface area contributed by atoms with Crippen LogP contribution in [0.25, 0.3) is 66.6 Å². The predicted molar refractivity (Wildman–Crippen MR) is 197 cm³/mol. The molecule has 0 atom stereocenters. The summed E-state index contributed by atoms with van der Waals surface area (Å²) in [4.78, 5) is 16.7. The summed E-state index contributed by atoms with van der Waals surface area (Å²) in [7, 11) is 0. The van der Waals surface area contributed by atoms with Crippen molar-refractivity contribution in [2.75, 3.05) is 0 Å². The number of amidine groups is 1. The summed E-state index contributed by atoms with van der Waals surface area (Å²) in [6.45, 7) is 0. The molecule has 0 unspecified atom stereocenters. The van der Waals surface area contributed by atoms with Crippen LogP contribution in [0.4, 0.5) is 0 Å². The van der Waals surface area contributed by atoms with Crippen molar-refractivity contribution in [1.82, 2.24) is 24.1 Å². The van der Waals surface area contributed by atoms with Crippen LogP contribution >= 0.6 is 0 Å². The first kappa shape index (κ1) is 28.4. The van der Waals surface area contributed by atoms with Crippen LogP contribution in [0.15, 0.2) is 169 Å². The summed E-state index contributed by atoms with van der Waals surface area (Å²) in [5.41, 5.74) is 9.77. The Morgan fingerprint density at radius 2 is 1.35 bits per heavy atom. The molecule has 4 aromatic heterocycles. The van der Waals surface area contributed by atoms with Gasteiger partial charge in [0.15, 0.2) is 11.7 Å². The van der Waals surface area contributed by atoms with Gasteiger partial charge in [-0.3, -0.25) is 5.41 Å². The number of para-hydroxylation sites is 2. The van der Waals surface area contributed by atoms with Crippen LogP contribution in [-0.2, 0) is 0 Å². The summed E-state index contributed by atoms with van der Waals surface area (Å²) in [5.74, 6) is 0.855. The minimum Gasteiger partial charge on any atom is -0.346 e. The molecule has 9 aromatic rings. The first-order chi connectivity index (χ1) is 24.2. The molecule has 0 aliphatic heterocycles. The molecule has 0 radical (unpaired) electrons. The van der Waals surface area contributed by atoms with Gasteiger partial charge in [-0.1, -0.05) is 66.7 Å². The Morgan fingerprint density at radius 1 is 0.592 bits per heavy atom. The van der Waals surface area contributed by atoms with E-state index in [0.717, 1.165) is 50.2 Å². The largest absolute Gasteiger partial charge is 0.346 e. The van der Waals surface area contributed by atoms with E-state index in [1.165, 1.54) is 16.2 Å². The SMILES string of the molecule is N=C(N=c1[nH]cccc1-c1ccc(-c2ncccn2)cc1)c1ccc(-n2c3ccccc3c3ccc4c(ccn4-c4ccccc4)c32)cc1. The molecule has 0 aliphatic rings. The highest BCUT2D eigenvalue weighted by Crippen LogP contribution is 2.37. The topological polar surface area (TPSA) is 87.6 Å². The summed E-state index contributed by atoms with van der Waals surface area (Å²) >= 11 is 0. The third-order valence-corrected chi connectivity index (χ3v) is 9.01. The number of nitrogens with one attached hydrogen (secondary N) is 2. The summed E-state index contributed by atoms with van der Waals surface area (Å²) < 4.78 is 4.57. The van der Waals surface area contributed by atoms with E-state index < -0.39 is 0 Å². The third kappa shape index (κ3) is 4.92. The van der Waals surface area contributed by atoms with Crippen LogP contribution in [0, 0.1) is 5.41 Å². The molecule has 0 spiro atoms. The molecule has 7 heteroatoms. The fraction of sp³-hybridized carbons (Fsp3) is 0. The first-order valence-electron chi connectivity index (χ1n) is 16.1. The molecule has 0 fully saturated rings. The number of benzene rings is 5. The molecule has 0 bridgehead atoms. The molecule has 7 nitrogen and oxygen atoms in total. The van der Waals surface area contributed by atoms with Crippen molar-refractivity contribution in [3.05, 3.63) is 175 Å². The van der Waals surface area contributed by atoms with E-state index in [-0.39, 0.29) is 5.84 Å². The molecule has 0 saturated carbocycles. The number of hydrogen-bond donors (Lipinski definition) is 2. The van der Waals surface area contributed by atoms with Gasteiger partial charge in [0.2, 0.25) is 0 Å². The standard InChI is InChI=1S/C42H29N7/c43-40(47-42-33(11-6-24-46-42)28-13-15-30(16-14-28)41-44-25-7-26-45-41)29-17-19-32(20-18-29)49-38-12-5-4-10-34(38)35-21-22-37-36(39(35)49)23-27-48(37)31-8-2-1-3-9-31/h1-27H,(H2,43,46,47). The van der Waals surface area contributed by atoms with Gasteiger partial charge in [0.05, 0.1) is 16.6 Å². The van der Waals surface area contributed by atoms with Crippen LogP contribution in [0.3, 0.4) is 0 Å². The molecule has 4 heterocycles. The number of rotatable bonds is 5. The zero-order chi connectivity index (χ0) is 32.7. The zero-order valence-corrected chi connectivity index (χ0v) is 26.3. The molecule has 0 amide bonds. The first-order valence-corrected chi connectivity index (χ1v) is 16.1. The van der Waals surface area contributed by atoms with Gasteiger partial charge in [-0.05, 0) is 78.4 Å². The molecule has 9 rings (SSSR count). The second-order valence-electron chi connectivity index (χ2n) is 11.9. The zero-order valence-electron chi connectivity index (χ0n) is 26.3. The van der Waals surface area contributed by atoms with Gasteiger partial charge >= 0.3 is 0 Å². The highest BCUT2D eigenvalue weighted by molar-refractivity contribution is 6.18. The Kier molecular flexibility index (Phi) is 6.80. The number of fused-ring (bicyclic) bond motifs is 5. The van der Waals surface area contributed by atoms with Crippen molar-refractivity contribution in [3.8, 4) is 33.9 Å². The van der Waals surface area contributed by atoms with Gasteiger partial charge in [-0.15, -0.1) is 0 Å². The Bertz CT molecular complexity index is 2700. The smallest absolute Gasteiger partial charge is 0.159 e. The second kappa shape index (κ2) is 11.7. The van der Waals surface area contributed by atoms with Gasteiger partial charge in [-0.2, -0.15) is 0 Å². The van der Waals surface area contributed by atoms with E-state index in [9.17, 15) is 0 Å². The van der Waals surface area contributed by atoms with Crippen molar-refractivity contribution >= 4 is 38.5 Å². The van der Waals surface area contributed by atoms with Crippen molar-refractivity contribution < 1.29 is 0 Å². The van der Waals surface area contributed by atoms with Gasteiger partial charge in [0.1, 0.15) is 5.49 Å². The average Bonchev–Trinajstić information content (AvgIpc) is 3.76. The summed E-state index contributed by atoms with van der Waals surface area (Å²) in [5, 5.41) is 12.6. The number of aromatic nitrogens is 5. The van der Waals surface area contributed by atoms with Gasteiger partial charge < -0.3 is 14.1 Å². The Morgan fingerprint density at radius 3 is 2.16 bits per heavy atom. The lowest BCUT2D eigenvalue weighted by atomic mass is 10.0. The monoisotopic (exact) mass is 631 g/mol. The Balaban J connectivity index is 1.10. The third-order valence-electron chi connectivity index (χ3n) is 9.01. The maximum Gasteiger partial charge on any atom is 0.159 e. The van der Waals surface area contributed by atoms with Crippen LogP contribution in [0.5, 0.6) is 0 Å². The van der Waals surface area contributed by atoms with Crippen LogP contribution in [-0.4, -0.2) is 29.9 Å². The minimum absolute atomic E-state index is 0.175. The van der Waals surface area contributed by atoms with Gasteiger partial charge in [0, 0.05) is 69.0 Å². The van der Waals surface area contributed by atoms with Gasteiger partial charge in [-0.25, -0.2) is 15.0 Å². The molecular formula is C42H29N7. The van der Waals surface area contributed by atoms with E-state index in [4.69, 9.17) is 10.4 Å². The molecule has 2 N–H and O–H groups in total. The van der Waals surface area contributed by atoms with Crippen LogP contribution in [0.2, 0.25) is 0 Å². The molecule has 0 aliphatic carbocycles. The predicted octanol–water partition coefficient (Wildman–Crippen LogP) is 9.11. The lowest BCUT2D eigenvalue weighted by molar-refractivity contribution is 1.13. The molecule has 0 saturated heterocycles. The van der Waals surface area contributed by atoms with Crippen molar-refractivity contribution in [2.24, 2.45) is 4.99 Å². The number of pyridine rings is 1. The highest BCUT2D eigenvalue weighted by Gasteiger charge is 2.17. The van der Waals surface area contributed by atoms with E-state index in [1.54, 1.807) is 18.5 Å². The van der Waals surface area contributed by atoms with E-state index in [0.29, 0.717) is 11.3 Å². The van der Waals surface area contributed by atoms with Gasteiger partial charge in [0.25, 0.3) is 0 Å².